The molecular formula is C15H20FNO4. The van der Waals surface area contributed by atoms with Gasteiger partial charge < -0.3 is 14.8 Å². The van der Waals surface area contributed by atoms with Gasteiger partial charge in [0.15, 0.2) is 6.10 Å². The van der Waals surface area contributed by atoms with Crippen LogP contribution in [0, 0.1) is 5.82 Å². The molecule has 1 aromatic rings. The number of carbonyl (C=O) groups excluding carboxylic acids is 2. The molecule has 0 heterocycles. The number of amides is 1. The molecule has 0 bridgehead atoms. The van der Waals surface area contributed by atoms with Gasteiger partial charge in [0.1, 0.15) is 11.6 Å². The summed E-state index contributed by atoms with van der Waals surface area (Å²) >= 11 is 0. The Hall–Kier alpha value is -2.11. The third-order valence-corrected chi connectivity index (χ3v) is 2.55. The minimum Gasteiger partial charge on any atom is -0.497 e. The van der Waals surface area contributed by atoms with E-state index in [0.717, 1.165) is 6.07 Å². The fraction of sp³-hybridized carbons (Fsp3) is 0.467. The van der Waals surface area contributed by atoms with Gasteiger partial charge in [-0.3, -0.25) is 4.79 Å². The van der Waals surface area contributed by atoms with E-state index in [9.17, 15) is 14.0 Å². The molecule has 0 aromatic heterocycles. The molecule has 0 saturated carbocycles. The van der Waals surface area contributed by atoms with Crippen LogP contribution in [0.1, 0.15) is 38.1 Å². The topological polar surface area (TPSA) is 64.6 Å². The van der Waals surface area contributed by atoms with Crippen LogP contribution >= 0.6 is 0 Å². The van der Waals surface area contributed by atoms with Crippen molar-refractivity contribution in [2.24, 2.45) is 0 Å². The summed E-state index contributed by atoms with van der Waals surface area (Å²) in [6.45, 7) is 6.86. The predicted molar refractivity (Wildman–Crippen MR) is 75.7 cm³/mol. The van der Waals surface area contributed by atoms with Crippen LogP contribution in [0.5, 0.6) is 5.75 Å². The molecule has 0 saturated heterocycles. The lowest BCUT2D eigenvalue weighted by Gasteiger charge is -2.23. The van der Waals surface area contributed by atoms with Crippen LogP contribution in [0.15, 0.2) is 18.2 Å². The molecule has 1 aromatic carbocycles. The number of halogens is 1. The van der Waals surface area contributed by atoms with E-state index in [1.807, 2.05) is 20.8 Å². The zero-order chi connectivity index (χ0) is 16.2. The van der Waals surface area contributed by atoms with Gasteiger partial charge in [0.2, 0.25) is 0 Å². The number of nitrogens with one attached hydrogen (secondary N) is 1. The molecular weight excluding hydrogens is 277 g/mol. The lowest BCUT2D eigenvalue weighted by molar-refractivity contribution is -0.130. The smallest absolute Gasteiger partial charge is 0.341 e. The summed E-state index contributed by atoms with van der Waals surface area (Å²) in [4.78, 5) is 23.7. The van der Waals surface area contributed by atoms with Crippen molar-refractivity contribution in [2.75, 3.05) is 7.11 Å². The first kappa shape index (κ1) is 16.9. The Morgan fingerprint density at radius 2 is 1.90 bits per heavy atom. The Morgan fingerprint density at radius 1 is 1.29 bits per heavy atom. The van der Waals surface area contributed by atoms with Crippen LogP contribution in [0.2, 0.25) is 0 Å². The second-order valence-electron chi connectivity index (χ2n) is 5.63. The van der Waals surface area contributed by atoms with Crippen molar-refractivity contribution in [2.45, 2.75) is 39.3 Å². The lowest BCUT2D eigenvalue weighted by Crippen LogP contribution is -2.46. The first-order valence-corrected chi connectivity index (χ1v) is 6.50. The molecule has 0 spiro atoms. The van der Waals surface area contributed by atoms with Gasteiger partial charge in [0, 0.05) is 11.6 Å². The molecule has 6 heteroatoms. The summed E-state index contributed by atoms with van der Waals surface area (Å²) in [5.74, 6) is -1.80. The minimum atomic E-state index is -1.02. The highest BCUT2D eigenvalue weighted by Gasteiger charge is 2.24. The van der Waals surface area contributed by atoms with E-state index in [1.54, 1.807) is 0 Å². The van der Waals surface area contributed by atoms with Crippen molar-refractivity contribution < 1.29 is 23.5 Å². The van der Waals surface area contributed by atoms with Crippen molar-refractivity contribution in [3.8, 4) is 5.75 Å². The van der Waals surface area contributed by atoms with Crippen LogP contribution in [0.3, 0.4) is 0 Å². The van der Waals surface area contributed by atoms with Gasteiger partial charge in [-0.15, -0.1) is 0 Å². The van der Waals surface area contributed by atoms with E-state index >= 15 is 0 Å². The number of hydrogen-bond acceptors (Lipinski definition) is 4. The Kier molecular flexibility index (Phi) is 5.29. The minimum absolute atomic E-state index is 0.244. The normalized spacial score (nSPS) is 12.5. The summed E-state index contributed by atoms with van der Waals surface area (Å²) < 4.78 is 23.5. The van der Waals surface area contributed by atoms with E-state index in [0.29, 0.717) is 5.75 Å². The van der Waals surface area contributed by atoms with Gasteiger partial charge in [-0.1, -0.05) is 0 Å². The maximum Gasteiger partial charge on any atom is 0.341 e. The number of hydrogen-bond donors (Lipinski definition) is 1. The predicted octanol–water partition coefficient (Wildman–Crippen LogP) is 2.29. The van der Waals surface area contributed by atoms with E-state index < -0.39 is 29.3 Å². The third kappa shape index (κ3) is 5.06. The SMILES string of the molecule is COc1ccc(C(=O)O[C@H](C)C(=O)NC(C)(C)C)c(F)c1. The van der Waals surface area contributed by atoms with Gasteiger partial charge in [0.25, 0.3) is 5.91 Å². The van der Waals surface area contributed by atoms with Crippen LogP contribution in [0.4, 0.5) is 4.39 Å². The maximum absolute atomic E-state index is 13.7. The molecule has 21 heavy (non-hydrogen) atoms. The quantitative estimate of drug-likeness (QED) is 0.866. The van der Waals surface area contributed by atoms with E-state index in [-0.39, 0.29) is 5.56 Å². The van der Waals surface area contributed by atoms with Crippen molar-refractivity contribution in [3.63, 3.8) is 0 Å². The highest BCUT2D eigenvalue weighted by Crippen LogP contribution is 2.17. The van der Waals surface area contributed by atoms with Crippen molar-refractivity contribution >= 4 is 11.9 Å². The van der Waals surface area contributed by atoms with Gasteiger partial charge in [-0.05, 0) is 39.8 Å². The maximum atomic E-state index is 13.7. The molecule has 0 unspecified atom stereocenters. The van der Waals surface area contributed by atoms with E-state index in [4.69, 9.17) is 9.47 Å². The Morgan fingerprint density at radius 3 is 2.38 bits per heavy atom. The standard InChI is InChI=1S/C15H20FNO4/c1-9(13(18)17-15(2,3)4)21-14(19)11-7-6-10(20-5)8-12(11)16/h6-9H,1-5H3,(H,17,18)/t9-/m1/s1. The Labute approximate surface area is 123 Å². The number of benzene rings is 1. The van der Waals surface area contributed by atoms with Crippen LogP contribution in [0.25, 0.3) is 0 Å². The van der Waals surface area contributed by atoms with Crippen molar-refractivity contribution in [1.82, 2.24) is 5.32 Å². The van der Waals surface area contributed by atoms with Crippen molar-refractivity contribution in [1.29, 1.82) is 0 Å². The molecule has 0 aliphatic carbocycles. The Balaban J connectivity index is 2.75. The van der Waals surface area contributed by atoms with Crippen LogP contribution < -0.4 is 10.1 Å². The van der Waals surface area contributed by atoms with E-state index in [1.165, 1.54) is 26.2 Å². The first-order valence-electron chi connectivity index (χ1n) is 6.50. The van der Waals surface area contributed by atoms with Gasteiger partial charge in [-0.2, -0.15) is 0 Å². The third-order valence-electron chi connectivity index (χ3n) is 2.55. The first-order chi connectivity index (χ1) is 9.64. The van der Waals surface area contributed by atoms with E-state index in [2.05, 4.69) is 5.32 Å². The Bertz CT molecular complexity index is 537. The molecule has 1 N–H and O–H groups in total. The van der Waals surface area contributed by atoms with Crippen LogP contribution in [-0.4, -0.2) is 30.6 Å². The van der Waals surface area contributed by atoms with Crippen molar-refractivity contribution in [3.05, 3.63) is 29.6 Å². The fourth-order valence-corrected chi connectivity index (χ4v) is 1.54. The molecule has 116 valence electrons. The molecule has 1 atom stereocenters. The summed E-state index contributed by atoms with van der Waals surface area (Å²) in [7, 11) is 1.39. The second kappa shape index (κ2) is 6.56. The van der Waals surface area contributed by atoms with Gasteiger partial charge >= 0.3 is 5.97 Å². The van der Waals surface area contributed by atoms with Gasteiger partial charge in [0.05, 0.1) is 12.7 Å². The summed E-state index contributed by atoms with van der Waals surface area (Å²) in [6.07, 6.45) is -1.02. The molecule has 0 aliphatic heterocycles. The molecule has 0 aliphatic rings. The number of esters is 1. The summed E-state index contributed by atoms with van der Waals surface area (Å²) in [6, 6.07) is 3.78. The zero-order valence-electron chi connectivity index (χ0n) is 12.8. The average Bonchev–Trinajstić information content (AvgIpc) is 2.36. The number of rotatable bonds is 4. The second-order valence-corrected chi connectivity index (χ2v) is 5.63. The number of carbonyl (C=O) groups is 2. The molecule has 5 nitrogen and oxygen atoms in total. The molecule has 0 radical (unpaired) electrons. The van der Waals surface area contributed by atoms with Gasteiger partial charge in [-0.25, -0.2) is 9.18 Å². The fourth-order valence-electron chi connectivity index (χ4n) is 1.54. The summed E-state index contributed by atoms with van der Waals surface area (Å²) in [5, 5.41) is 2.68. The lowest BCUT2D eigenvalue weighted by atomic mass is 10.1. The molecule has 1 rings (SSSR count). The monoisotopic (exact) mass is 297 g/mol. The number of methoxy groups -OCH3 is 1. The molecule has 0 fully saturated rings. The molecule has 1 amide bonds. The zero-order valence-corrected chi connectivity index (χ0v) is 12.8. The highest BCUT2D eigenvalue weighted by molar-refractivity contribution is 5.92. The number of ether oxygens (including phenoxy) is 2. The average molecular weight is 297 g/mol. The van der Waals surface area contributed by atoms with Crippen LogP contribution in [-0.2, 0) is 9.53 Å². The summed E-state index contributed by atoms with van der Waals surface area (Å²) in [5.41, 5.74) is -0.686. The largest absolute Gasteiger partial charge is 0.497 e. The highest BCUT2D eigenvalue weighted by atomic mass is 19.1.